The second-order valence-electron chi connectivity index (χ2n) is 9.78. The highest BCUT2D eigenvalue weighted by atomic mass is 16.6. The number of ether oxygens (including phenoxy) is 1. The third kappa shape index (κ3) is 5.25. The molecule has 0 saturated carbocycles. The van der Waals surface area contributed by atoms with Crippen LogP contribution in [0.25, 0.3) is 10.9 Å². The lowest BCUT2D eigenvalue weighted by Crippen LogP contribution is -2.38. The maximum Gasteiger partial charge on any atom is 0.329 e. The van der Waals surface area contributed by atoms with Gasteiger partial charge in [-0.3, -0.25) is 10.1 Å². The number of pyridine rings is 1. The summed E-state index contributed by atoms with van der Waals surface area (Å²) in [6.45, 7) is 11.7. The lowest BCUT2D eigenvalue weighted by molar-refractivity contribution is -0.384. The standard InChI is InChI=1S/C24H30N4O4/c1-23(2,3)27-15-16(17-10-7-8-11-19(17)27)14-18(22(29)32-24(4,5)6)26-21-20(28(30)31)12-9-13-25-21/h7-13,15,18H,14H2,1-6H3,(H,25,26)/t18-/m0/s1. The summed E-state index contributed by atoms with van der Waals surface area (Å²) in [5.41, 5.74) is 0.941. The Balaban J connectivity index is 2.04. The number of nitrogens with zero attached hydrogens (tertiary/aromatic N) is 3. The Morgan fingerprint density at radius 2 is 1.84 bits per heavy atom. The Hall–Kier alpha value is -3.42. The van der Waals surface area contributed by atoms with E-state index in [1.54, 1.807) is 20.8 Å². The fourth-order valence-electron chi connectivity index (χ4n) is 3.57. The lowest BCUT2D eigenvalue weighted by atomic mass is 10.0. The van der Waals surface area contributed by atoms with Crippen LogP contribution in [0.2, 0.25) is 0 Å². The smallest absolute Gasteiger partial charge is 0.329 e. The van der Waals surface area contributed by atoms with E-state index in [4.69, 9.17) is 4.74 Å². The molecule has 0 saturated heterocycles. The minimum absolute atomic E-state index is 0.0351. The summed E-state index contributed by atoms with van der Waals surface area (Å²) in [5.74, 6) is -0.460. The van der Waals surface area contributed by atoms with Gasteiger partial charge in [0.05, 0.1) is 4.92 Å². The van der Waals surface area contributed by atoms with E-state index in [0.717, 1.165) is 16.5 Å². The quantitative estimate of drug-likeness (QED) is 0.328. The van der Waals surface area contributed by atoms with E-state index in [2.05, 4.69) is 35.6 Å². The molecule has 8 heteroatoms. The predicted molar refractivity (Wildman–Crippen MR) is 125 cm³/mol. The molecule has 3 aromatic rings. The number of nitrogens with one attached hydrogen (secondary N) is 1. The fourth-order valence-corrected chi connectivity index (χ4v) is 3.57. The number of aromatic nitrogens is 2. The molecule has 2 heterocycles. The van der Waals surface area contributed by atoms with Crippen molar-refractivity contribution in [2.75, 3.05) is 5.32 Å². The van der Waals surface area contributed by atoms with Crippen molar-refractivity contribution >= 4 is 28.4 Å². The molecular formula is C24H30N4O4. The summed E-state index contributed by atoms with van der Waals surface area (Å²) in [4.78, 5) is 28.1. The molecular weight excluding hydrogens is 408 g/mol. The van der Waals surface area contributed by atoms with Gasteiger partial charge in [0, 0.05) is 41.3 Å². The monoisotopic (exact) mass is 438 g/mol. The first-order valence-corrected chi connectivity index (χ1v) is 10.5. The summed E-state index contributed by atoms with van der Waals surface area (Å²) in [6, 6.07) is 9.98. The van der Waals surface area contributed by atoms with E-state index in [1.165, 1.54) is 18.3 Å². The number of benzene rings is 1. The van der Waals surface area contributed by atoms with Crippen molar-refractivity contribution in [2.45, 2.75) is 65.1 Å². The molecule has 1 N–H and O–H groups in total. The topological polar surface area (TPSA) is 99.3 Å². The molecule has 0 fully saturated rings. The van der Waals surface area contributed by atoms with E-state index in [0.29, 0.717) is 0 Å². The number of anilines is 1. The van der Waals surface area contributed by atoms with Crippen LogP contribution < -0.4 is 5.32 Å². The van der Waals surface area contributed by atoms with Crippen LogP contribution in [-0.4, -0.2) is 32.1 Å². The summed E-state index contributed by atoms with van der Waals surface area (Å²) >= 11 is 0. The largest absolute Gasteiger partial charge is 0.458 e. The zero-order valence-corrected chi connectivity index (χ0v) is 19.4. The minimum atomic E-state index is -0.859. The number of esters is 1. The number of fused-ring (bicyclic) bond motifs is 1. The van der Waals surface area contributed by atoms with Gasteiger partial charge in [0.1, 0.15) is 11.6 Å². The molecule has 8 nitrogen and oxygen atoms in total. The summed E-state index contributed by atoms with van der Waals surface area (Å²) in [6.07, 6.45) is 3.77. The van der Waals surface area contributed by atoms with Gasteiger partial charge >= 0.3 is 11.7 Å². The van der Waals surface area contributed by atoms with Gasteiger partial charge < -0.3 is 14.6 Å². The lowest BCUT2D eigenvalue weighted by Gasteiger charge is -2.25. The van der Waals surface area contributed by atoms with Crippen molar-refractivity contribution in [2.24, 2.45) is 0 Å². The first kappa shape index (κ1) is 23.2. The highest BCUT2D eigenvalue weighted by Gasteiger charge is 2.30. The molecule has 0 aliphatic carbocycles. The molecule has 2 aromatic heterocycles. The maximum absolute atomic E-state index is 13.1. The van der Waals surface area contributed by atoms with Gasteiger partial charge in [-0.15, -0.1) is 0 Å². The summed E-state index contributed by atoms with van der Waals surface area (Å²) in [7, 11) is 0. The minimum Gasteiger partial charge on any atom is -0.458 e. The molecule has 0 unspecified atom stereocenters. The van der Waals surface area contributed by atoms with Gasteiger partial charge in [0.15, 0.2) is 0 Å². The number of hydrogen-bond donors (Lipinski definition) is 1. The molecule has 170 valence electrons. The third-order valence-corrected chi connectivity index (χ3v) is 4.93. The maximum atomic E-state index is 13.1. The van der Waals surface area contributed by atoms with Crippen LogP contribution in [0.4, 0.5) is 11.5 Å². The number of carbonyl (C=O) groups is 1. The van der Waals surface area contributed by atoms with E-state index < -0.39 is 22.5 Å². The highest BCUT2D eigenvalue weighted by molar-refractivity contribution is 5.86. The van der Waals surface area contributed by atoms with Gasteiger partial charge in [-0.1, -0.05) is 18.2 Å². The molecule has 0 aliphatic rings. The van der Waals surface area contributed by atoms with E-state index in [1.807, 2.05) is 30.5 Å². The molecule has 0 amide bonds. The zero-order chi connectivity index (χ0) is 23.7. The SMILES string of the molecule is CC(C)(C)OC(=O)[C@H](Cc1cn(C(C)(C)C)c2ccccc12)Nc1ncccc1[N+](=O)[O-]. The van der Waals surface area contributed by atoms with Crippen molar-refractivity contribution in [1.82, 2.24) is 9.55 Å². The van der Waals surface area contributed by atoms with Crippen LogP contribution in [0.3, 0.4) is 0 Å². The third-order valence-electron chi connectivity index (χ3n) is 4.93. The fraction of sp³-hybridized carbons (Fsp3) is 0.417. The molecule has 0 aliphatic heterocycles. The van der Waals surface area contributed by atoms with Crippen LogP contribution in [-0.2, 0) is 21.5 Å². The Labute approximate surface area is 187 Å². The van der Waals surface area contributed by atoms with Crippen molar-refractivity contribution in [3.05, 3.63) is 64.5 Å². The Morgan fingerprint density at radius 3 is 2.47 bits per heavy atom. The van der Waals surface area contributed by atoms with Crippen LogP contribution in [0, 0.1) is 10.1 Å². The Morgan fingerprint density at radius 1 is 1.16 bits per heavy atom. The predicted octanol–water partition coefficient (Wildman–Crippen LogP) is 5.06. The first-order chi connectivity index (χ1) is 14.9. The van der Waals surface area contributed by atoms with E-state index in [9.17, 15) is 14.9 Å². The summed E-state index contributed by atoms with van der Waals surface area (Å²) < 4.78 is 7.80. The van der Waals surface area contributed by atoms with E-state index >= 15 is 0 Å². The van der Waals surface area contributed by atoms with Crippen LogP contribution in [0.5, 0.6) is 0 Å². The van der Waals surface area contributed by atoms with Crippen LogP contribution in [0.1, 0.15) is 47.1 Å². The Bertz CT molecular complexity index is 1140. The number of hydrogen-bond acceptors (Lipinski definition) is 6. The Kier molecular flexibility index (Phi) is 6.25. The van der Waals surface area contributed by atoms with E-state index in [-0.39, 0.29) is 23.5 Å². The zero-order valence-electron chi connectivity index (χ0n) is 19.4. The van der Waals surface area contributed by atoms with Gasteiger partial charge in [0.25, 0.3) is 0 Å². The molecule has 0 spiro atoms. The molecule has 32 heavy (non-hydrogen) atoms. The second-order valence-corrected chi connectivity index (χ2v) is 9.78. The van der Waals surface area contributed by atoms with Crippen LogP contribution >= 0.6 is 0 Å². The summed E-state index contributed by atoms with van der Waals surface area (Å²) in [5, 5.41) is 15.5. The van der Waals surface area contributed by atoms with Gasteiger partial charge in [0.2, 0.25) is 5.82 Å². The molecule has 1 atom stereocenters. The molecule has 0 radical (unpaired) electrons. The number of carbonyl (C=O) groups excluding carboxylic acids is 1. The van der Waals surface area contributed by atoms with Crippen LogP contribution in [0.15, 0.2) is 48.8 Å². The molecule has 1 aromatic carbocycles. The van der Waals surface area contributed by atoms with Crippen molar-refractivity contribution in [3.8, 4) is 0 Å². The molecule has 3 rings (SSSR count). The van der Waals surface area contributed by atoms with Crippen molar-refractivity contribution in [1.29, 1.82) is 0 Å². The number of para-hydroxylation sites is 1. The first-order valence-electron chi connectivity index (χ1n) is 10.5. The highest BCUT2D eigenvalue weighted by Crippen LogP contribution is 2.30. The van der Waals surface area contributed by atoms with Gasteiger partial charge in [-0.2, -0.15) is 0 Å². The number of rotatable bonds is 6. The van der Waals surface area contributed by atoms with Crippen molar-refractivity contribution < 1.29 is 14.5 Å². The second kappa shape index (κ2) is 8.61. The average molecular weight is 439 g/mol. The molecule has 0 bridgehead atoms. The normalized spacial score (nSPS) is 13.1. The number of nitro groups is 1. The van der Waals surface area contributed by atoms with Gasteiger partial charge in [-0.25, -0.2) is 9.78 Å². The van der Waals surface area contributed by atoms with Crippen molar-refractivity contribution in [3.63, 3.8) is 0 Å². The van der Waals surface area contributed by atoms with Gasteiger partial charge in [-0.05, 0) is 59.2 Å². The average Bonchev–Trinajstić information content (AvgIpc) is 3.05.